The van der Waals surface area contributed by atoms with Crippen LogP contribution < -0.4 is 4.74 Å². The average molecular weight is 511 g/mol. The van der Waals surface area contributed by atoms with Gasteiger partial charge < -0.3 is 14.5 Å². The fourth-order valence-corrected chi connectivity index (χ4v) is 4.56. The van der Waals surface area contributed by atoms with Crippen LogP contribution in [-0.2, 0) is 4.74 Å². The zero-order chi connectivity index (χ0) is 26.4. The molecule has 2 unspecified atom stereocenters. The number of rotatable bonds is 9. The Morgan fingerprint density at radius 1 is 0.892 bits per heavy atom. The number of hydrogen-bond acceptors (Lipinski definition) is 3. The van der Waals surface area contributed by atoms with Gasteiger partial charge in [-0.1, -0.05) is 48.6 Å². The van der Waals surface area contributed by atoms with Crippen LogP contribution in [0.15, 0.2) is 60.7 Å². The molecular formula is C29H28BF4O3. The highest BCUT2D eigenvalue weighted by molar-refractivity contribution is 6.25. The third-order valence-corrected chi connectivity index (χ3v) is 6.62. The molecule has 37 heavy (non-hydrogen) atoms. The first-order valence-corrected chi connectivity index (χ1v) is 12.3. The van der Waals surface area contributed by atoms with Crippen LogP contribution in [0.5, 0.6) is 5.75 Å². The minimum Gasteiger partial charge on any atom is -0.490 e. The molecule has 3 nitrogen and oxygen atoms in total. The second-order valence-electron chi connectivity index (χ2n) is 9.00. The lowest BCUT2D eigenvalue weighted by Crippen LogP contribution is -2.26. The molecule has 1 saturated heterocycles. The molecule has 0 aromatic heterocycles. The minimum absolute atomic E-state index is 0.0428. The molecule has 4 rings (SSSR count). The second-order valence-corrected chi connectivity index (χ2v) is 9.00. The van der Waals surface area contributed by atoms with E-state index in [-0.39, 0.29) is 47.7 Å². The Morgan fingerprint density at radius 3 is 2.14 bits per heavy atom. The van der Waals surface area contributed by atoms with E-state index in [1.165, 1.54) is 30.3 Å². The van der Waals surface area contributed by atoms with Gasteiger partial charge in [-0.15, -0.1) is 0 Å². The molecule has 0 saturated carbocycles. The lowest BCUT2D eigenvalue weighted by Gasteiger charge is -2.29. The summed E-state index contributed by atoms with van der Waals surface area (Å²) in [4.78, 5) is 0. The summed E-state index contributed by atoms with van der Waals surface area (Å²) in [6.45, 7) is 2.35. The van der Waals surface area contributed by atoms with Crippen molar-refractivity contribution < 1.29 is 32.1 Å². The fourth-order valence-electron chi connectivity index (χ4n) is 4.56. The number of hydrogen-bond donors (Lipinski definition) is 1. The molecule has 1 N–H and O–H groups in total. The summed E-state index contributed by atoms with van der Waals surface area (Å²) in [7, 11) is 1.05. The van der Waals surface area contributed by atoms with E-state index >= 15 is 8.78 Å². The summed E-state index contributed by atoms with van der Waals surface area (Å²) >= 11 is 0. The Balaban J connectivity index is 1.50. The zero-order valence-corrected chi connectivity index (χ0v) is 20.5. The number of halogens is 4. The second kappa shape index (κ2) is 12.4. The summed E-state index contributed by atoms with van der Waals surface area (Å²) in [5.74, 6) is -4.42. The molecule has 1 aliphatic rings. The molecule has 1 heterocycles. The smallest absolute Gasteiger partial charge is 0.289 e. The van der Waals surface area contributed by atoms with Crippen molar-refractivity contribution in [2.24, 2.45) is 0 Å². The Kier molecular flexibility index (Phi) is 9.06. The minimum atomic E-state index is -1.07. The number of benzene rings is 3. The van der Waals surface area contributed by atoms with Gasteiger partial charge in [0.25, 0.3) is 7.48 Å². The van der Waals surface area contributed by atoms with Gasteiger partial charge in [0.2, 0.25) is 5.82 Å². The van der Waals surface area contributed by atoms with Crippen LogP contribution in [0, 0.1) is 23.3 Å². The maximum absolute atomic E-state index is 15.1. The van der Waals surface area contributed by atoms with Gasteiger partial charge in [0.1, 0.15) is 0 Å². The highest BCUT2D eigenvalue weighted by Gasteiger charge is 2.27. The highest BCUT2D eigenvalue weighted by atomic mass is 19.2. The van der Waals surface area contributed by atoms with Crippen LogP contribution in [0.25, 0.3) is 22.3 Å². The van der Waals surface area contributed by atoms with Crippen molar-refractivity contribution in [2.45, 2.75) is 44.5 Å². The van der Waals surface area contributed by atoms with Crippen LogP contribution in [0.1, 0.15) is 37.7 Å². The molecule has 0 amide bonds. The maximum Gasteiger partial charge on any atom is 0.289 e. The summed E-state index contributed by atoms with van der Waals surface area (Å²) in [5.41, 5.74) is 1.19. The standard InChI is InChI=1S/C29H28BF4O3/c1-2-3-4-15-36-25-14-13-23(28(33)29(25)34)19-7-5-18(6-8-19)22-11-12-24(27(32)26(22)31)20-9-10-21(16-30-35)37-17-20/h2-3,5-8,11-14,20-21,35H,4,9-10,15-17H2,1H3/b3-2-. The topological polar surface area (TPSA) is 38.7 Å². The lowest BCUT2D eigenvalue weighted by molar-refractivity contribution is 0.0138. The van der Waals surface area contributed by atoms with E-state index in [2.05, 4.69) is 0 Å². The van der Waals surface area contributed by atoms with E-state index in [9.17, 15) is 8.78 Å². The summed E-state index contributed by atoms with van der Waals surface area (Å²) in [6, 6.07) is 12.1. The first kappa shape index (κ1) is 27.0. The van der Waals surface area contributed by atoms with Crippen molar-refractivity contribution in [1.29, 1.82) is 0 Å². The molecule has 0 spiro atoms. The molecule has 1 fully saturated rings. The van der Waals surface area contributed by atoms with Gasteiger partial charge in [-0.3, -0.25) is 0 Å². The maximum atomic E-state index is 15.1. The zero-order valence-electron chi connectivity index (χ0n) is 20.5. The lowest BCUT2D eigenvalue weighted by atomic mass is 9.84. The highest BCUT2D eigenvalue weighted by Crippen LogP contribution is 2.36. The Morgan fingerprint density at radius 2 is 1.54 bits per heavy atom. The van der Waals surface area contributed by atoms with Crippen LogP contribution in [-0.4, -0.2) is 31.8 Å². The largest absolute Gasteiger partial charge is 0.490 e. The van der Waals surface area contributed by atoms with E-state index in [0.29, 0.717) is 36.7 Å². The van der Waals surface area contributed by atoms with E-state index in [1.807, 2.05) is 19.1 Å². The van der Waals surface area contributed by atoms with E-state index < -0.39 is 23.3 Å². The van der Waals surface area contributed by atoms with Gasteiger partial charge in [0.15, 0.2) is 23.2 Å². The van der Waals surface area contributed by atoms with E-state index in [0.717, 1.165) is 7.48 Å². The van der Waals surface area contributed by atoms with E-state index in [4.69, 9.17) is 14.5 Å². The van der Waals surface area contributed by atoms with Crippen LogP contribution in [0.3, 0.4) is 0 Å². The molecule has 3 aromatic carbocycles. The van der Waals surface area contributed by atoms with Crippen LogP contribution in [0.4, 0.5) is 17.6 Å². The molecule has 0 aliphatic carbocycles. The predicted molar refractivity (Wildman–Crippen MR) is 137 cm³/mol. The fraction of sp³-hybridized carbons (Fsp3) is 0.310. The summed E-state index contributed by atoms with van der Waals surface area (Å²) in [5, 5.41) is 8.93. The Hall–Kier alpha value is -3.10. The third-order valence-electron chi connectivity index (χ3n) is 6.62. The first-order chi connectivity index (χ1) is 17.9. The summed E-state index contributed by atoms with van der Waals surface area (Å²) in [6.07, 6.45) is 5.86. The van der Waals surface area contributed by atoms with Crippen LogP contribution in [0.2, 0.25) is 6.32 Å². The van der Waals surface area contributed by atoms with Gasteiger partial charge in [0, 0.05) is 17.0 Å². The SMILES string of the molecule is C/C=C\CCOc1ccc(-c2ccc(-c3ccc(C4CCC(C[B]O)OC4)c(F)c3F)cc2)c(F)c1F. The first-order valence-electron chi connectivity index (χ1n) is 12.3. The van der Waals surface area contributed by atoms with E-state index in [1.54, 1.807) is 18.2 Å². The summed E-state index contributed by atoms with van der Waals surface area (Å²) < 4.78 is 70.3. The Bertz CT molecular complexity index is 1240. The number of allylic oxidation sites excluding steroid dienone is 1. The monoisotopic (exact) mass is 511 g/mol. The van der Waals surface area contributed by atoms with Gasteiger partial charge in [-0.05, 0) is 61.3 Å². The molecule has 0 bridgehead atoms. The van der Waals surface area contributed by atoms with Crippen molar-refractivity contribution in [3.63, 3.8) is 0 Å². The predicted octanol–water partition coefficient (Wildman–Crippen LogP) is 7.21. The molecule has 1 aliphatic heterocycles. The van der Waals surface area contributed by atoms with Crippen molar-refractivity contribution in [1.82, 2.24) is 0 Å². The molecule has 8 heteroatoms. The van der Waals surface area contributed by atoms with Gasteiger partial charge >= 0.3 is 0 Å². The van der Waals surface area contributed by atoms with Crippen molar-refractivity contribution >= 4 is 7.48 Å². The molecular weight excluding hydrogens is 483 g/mol. The van der Waals surface area contributed by atoms with Gasteiger partial charge in [-0.2, -0.15) is 4.39 Å². The Labute approximate surface area is 215 Å². The van der Waals surface area contributed by atoms with Crippen molar-refractivity contribution in [3.05, 3.63) is 89.5 Å². The molecule has 2 atom stereocenters. The molecule has 193 valence electrons. The quantitative estimate of drug-likeness (QED) is 0.143. The van der Waals surface area contributed by atoms with Gasteiger partial charge in [0.05, 0.1) is 19.3 Å². The average Bonchev–Trinajstić information content (AvgIpc) is 2.91. The normalized spacial score (nSPS) is 17.8. The van der Waals surface area contributed by atoms with Crippen molar-refractivity contribution in [3.8, 4) is 28.0 Å². The van der Waals surface area contributed by atoms with Crippen molar-refractivity contribution in [2.75, 3.05) is 13.2 Å². The number of ether oxygens (including phenoxy) is 2. The molecule has 1 radical (unpaired) electrons. The van der Waals surface area contributed by atoms with Gasteiger partial charge in [-0.25, -0.2) is 13.2 Å². The third kappa shape index (κ3) is 6.08. The van der Waals surface area contributed by atoms with Crippen LogP contribution >= 0.6 is 0 Å². The molecule has 3 aromatic rings.